The third-order valence-electron chi connectivity index (χ3n) is 4.50. The van der Waals surface area contributed by atoms with Gasteiger partial charge >= 0.3 is 17.8 Å². The SMILES string of the molecule is COc1cc(/C(C)=N/NC(=O)C(=O)Nc2ccc(F)c(Cl)c2)ccc1OC(=O)c1ccccc1. The summed E-state index contributed by atoms with van der Waals surface area (Å²) in [7, 11) is 1.42. The van der Waals surface area contributed by atoms with Gasteiger partial charge in [-0.3, -0.25) is 9.59 Å². The molecule has 0 bridgehead atoms. The number of anilines is 1. The molecular weight excluding hydrogens is 465 g/mol. The van der Waals surface area contributed by atoms with E-state index in [0.29, 0.717) is 16.8 Å². The van der Waals surface area contributed by atoms with E-state index in [4.69, 9.17) is 21.1 Å². The highest BCUT2D eigenvalue weighted by molar-refractivity contribution is 6.40. The minimum atomic E-state index is -1.04. The van der Waals surface area contributed by atoms with Gasteiger partial charge in [0.05, 0.1) is 23.4 Å². The lowest BCUT2D eigenvalue weighted by Crippen LogP contribution is -2.33. The van der Waals surface area contributed by atoms with Crippen LogP contribution in [0, 0.1) is 5.82 Å². The van der Waals surface area contributed by atoms with Gasteiger partial charge in [-0.05, 0) is 55.5 Å². The lowest BCUT2D eigenvalue weighted by Gasteiger charge is -2.11. The Morgan fingerprint density at radius 2 is 1.65 bits per heavy atom. The van der Waals surface area contributed by atoms with Crippen molar-refractivity contribution in [3.05, 3.63) is 88.7 Å². The number of carbonyl (C=O) groups excluding carboxylic acids is 3. The molecule has 34 heavy (non-hydrogen) atoms. The van der Waals surface area contributed by atoms with Crippen molar-refractivity contribution < 1.29 is 28.2 Å². The van der Waals surface area contributed by atoms with E-state index in [-0.39, 0.29) is 22.2 Å². The molecule has 10 heteroatoms. The fraction of sp³-hybridized carbons (Fsp3) is 0.0833. The fourth-order valence-electron chi connectivity index (χ4n) is 2.72. The molecule has 0 atom stereocenters. The predicted octanol–water partition coefficient (Wildman–Crippen LogP) is 4.19. The van der Waals surface area contributed by atoms with Crippen molar-refractivity contribution in [1.29, 1.82) is 0 Å². The van der Waals surface area contributed by atoms with Crippen molar-refractivity contribution in [1.82, 2.24) is 5.43 Å². The van der Waals surface area contributed by atoms with Crippen LogP contribution < -0.4 is 20.2 Å². The van der Waals surface area contributed by atoms with E-state index in [0.717, 1.165) is 6.07 Å². The van der Waals surface area contributed by atoms with E-state index in [1.165, 1.54) is 25.3 Å². The Morgan fingerprint density at radius 1 is 0.912 bits per heavy atom. The van der Waals surface area contributed by atoms with Gasteiger partial charge < -0.3 is 14.8 Å². The molecule has 0 unspecified atom stereocenters. The van der Waals surface area contributed by atoms with E-state index in [9.17, 15) is 18.8 Å². The molecule has 0 fully saturated rings. The molecule has 2 amide bonds. The summed E-state index contributed by atoms with van der Waals surface area (Å²) in [6.45, 7) is 1.60. The molecule has 0 radical (unpaired) electrons. The first-order valence-electron chi connectivity index (χ1n) is 9.84. The Kier molecular flexibility index (Phi) is 7.94. The zero-order valence-electron chi connectivity index (χ0n) is 18.1. The quantitative estimate of drug-likeness (QED) is 0.180. The smallest absolute Gasteiger partial charge is 0.343 e. The minimum Gasteiger partial charge on any atom is -0.493 e. The second-order valence-electron chi connectivity index (χ2n) is 6.84. The molecule has 0 spiro atoms. The topological polar surface area (TPSA) is 106 Å². The maximum atomic E-state index is 13.2. The van der Waals surface area contributed by atoms with Crippen LogP contribution in [0.5, 0.6) is 11.5 Å². The summed E-state index contributed by atoms with van der Waals surface area (Å²) in [4.78, 5) is 36.4. The van der Waals surface area contributed by atoms with Crippen molar-refractivity contribution in [3.8, 4) is 11.5 Å². The molecule has 2 N–H and O–H groups in total. The van der Waals surface area contributed by atoms with Gasteiger partial charge in [0.25, 0.3) is 0 Å². The molecule has 3 aromatic carbocycles. The largest absolute Gasteiger partial charge is 0.493 e. The van der Waals surface area contributed by atoms with Gasteiger partial charge in [0.1, 0.15) is 5.82 Å². The lowest BCUT2D eigenvalue weighted by molar-refractivity contribution is -0.136. The van der Waals surface area contributed by atoms with E-state index in [1.54, 1.807) is 49.4 Å². The monoisotopic (exact) mass is 483 g/mol. The molecule has 0 aliphatic carbocycles. The van der Waals surface area contributed by atoms with Gasteiger partial charge in [-0.15, -0.1) is 0 Å². The lowest BCUT2D eigenvalue weighted by atomic mass is 10.1. The van der Waals surface area contributed by atoms with Crippen LogP contribution in [0.15, 0.2) is 71.8 Å². The van der Waals surface area contributed by atoms with E-state index in [1.807, 2.05) is 0 Å². The first-order chi connectivity index (χ1) is 16.3. The van der Waals surface area contributed by atoms with Crippen molar-refractivity contribution in [2.24, 2.45) is 5.10 Å². The minimum absolute atomic E-state index is 0.151. The summed E-state index contributed by atoms with van der Waals surface area (Å²) in [5.41, 5.74) is 3.57. The summed E-state index contributed by atoms with van der Waals surface area (Å²) in [6.07, 6.45) is 0. The molecule has 174 valence electrons. The summed E-state index contributed by atoms with van der Waals surface area (Å²) in [5, 5.41) is 6.00. The number of amides is 2. The van der Waals surface area contributed by atoms with Gasteiger partial charge in [0.15, 0.2) is 11.5 Å². The summed E-state index contributed by atoms with van der Waals surface area (Å²) >= 11 is 5.66. The molecule has 0 heterocycles. The normalized spacial score (nSPS) is 10.9. The van der Waals surface area contributed by atoms with Gasteiger partial charge in [0.2, 0.25) is 0 Å². The van der Waals surface area contributed by atoms with Crippen molar-refractivity contribution >= 4 is 40.8 Å². The maximum Gasteiger partial charge on any atom is 0.343 e. The number of nitrogens with zero attached hydrogens (tertiary/aromatic N) is 1. The Hall–Kier alpha value is -4.24. The van der Waals surface area contributed by atoms with Crippen molar-refractivity contribution in [2.45, 2.75) is 6.92 Å². The molecule has 0 aliphatic rings. The Bertz CT molecular complexity index is 1260. The van der Waals surface area contributed by atoms with Crippen molar-refractivity contribution in [2.75, 3.05) is 12.4 Å². The Morgan fingerprint density at radius 3 is 2.32 bits per heavy atom. The Labute approximate surface area is 199 Å². The first kappa shape index (κ1) is 24.4. The van der Waals surface area contributed by atoms with E-state index in [2.05, 4.69) is 15.8 Å². The number of nitrogens with one attached hydrogen (secondary N) is 2. The molecule has 0 aliphatic heterocycles. The molecule has 0 saturated heterocycles. The second kappa shape index (κ2) is 11.1. The summed E-state index contributed by atoms with van der Waals surface area (Å²) in [6, 6.07) is 16.7. The number of esters is 1. The number of ether oxygens (including phenoxy) is 2. The molecular formula is C24H19ClFN3O5. The van der Waals surface area contributed by atoms with Crippen LogP contribution in [0.3, 0.4) is 0 Å². The van der Waals surface area contributed by atoms with Crippen LogP contribution in [-0.2, 0) is 9.59 Å². The number of rotatable bonds is 6. The van der Waals surface area contributed by atoms with Crippen LogP contribution in [0.4, 0.5) is 10.1 Å². The van der Waals surface area contributed by atoms with Crippen LogP contribution >= 0.6 is 11.6 Å². The van der Waals surface area contributed by atoms with Crippen LogP contribution in [-0.4, -0.2) is 30.6 Å². The summed E-state index contributed by atoms with van der Waals surface area (Å²) in [5.74, 6) is -2.78. The standard InChI is InChI=1S/C24H19ClFN3O5/c1-14(28-29-23(31)22(30)27-17-9-10-19(26)18(25)13-17)16-8-11-20(21(12-16)33-2)34-24(32)15-6-4-3-5-7-15/h3-13H,1-2H3,(H,27,30)(H,29,31)/b28-14+. The van der Waals surface area contributed by atoms with Gasteiger partial charge in [0, 0.05) is 11.3 Å². The zero-order valence-corrected chi connectivity index (χ0v) is 18.9. The predicted molar refractivity (Wildman–Crippen MR) is 125 cm³/mol. The number of hydrazone groups is 1. The number of hydrogen-bond acceptors (Lipinski definition) is 6. The number of benzene rings is 3. The van der Waals surface area contributed by atoms with E-state index < -0.39 is 23.6 Å². The molecule has 0 aromatic heterocycles. The first-order valence-corrected chi connectivity index (χ1v) is 10.2. The number of carbonyl (C=O) groups is 3. The molecule has 3 aromatic rings. The highest BCUT2D eigenvalue weighted by Crippen LogP contribution is 2.29. The average molecular weight is 484 g/mol. The van der Waals surface area contributed by atoms with Crippen LogP contribution in [0.2, 0.25) is 5.02 Å². The number of halogens is 2. The highest BCUT2D eigenvalue weighted by atomic mass is 35.5. The fourth-order valence-corrected chi connectivity index (χ4v) is 2.90. The van der Waals surface area contributed by atoms with Gasteiger partial charge in [-0.2, -0.15) is 5.10 Å². The third kappa shape index (κ3) is 6.17. The Balaban J connectivity index is 1.66. The molecule has 8 nitrogen and oxygen atoms in total. The third-order valence-corrected chi connectivity index (χ3v) is 4.79. The summed E-state index contributed by atoms with van der Waals surface area (Å²) < 4.78 is 23.9. The molecule has 3 rings (SSSR count). The molecule has 0 saturated carbocycles. The van der Waals surface area contributed by atoms with Gasteiger partial charge in [-0.1, -0.05) is 29.8 Å². The number of methoxy groups -OCH3 is 1. The van der Waals surface area contributed by atoms with Crippen molar-refractivity contribution in [3.63, 3.8) is 0 Å². The average Bonchev–Trinajstić information content (AvgIpc) is 2.85. The number of hydrogen-bond donors (Lipinski definition) is 2. The van der Waals surface area contributed by atoms with Gasteiger partial charge in [-0.25, -0.2) is 14.6 Å². The van der Waals surface area contributed by atoms with Crippen LogP contribution in [0.25, 0.3) is 0 Å². The highest BCUT2D eigenvalue weighted by Gasteiger charge is 2.16. The maximum absolute atomic E-state index is 13.2. The van der Waals surface area contributed by atoms with E-state index >= 15 is 0 Å². The van der Waals surface area contributed by atoms with Crippen LogP contribution in [0.1, 0.15) is 22.8 Å². The zero-order chi connectivity index (χ0) is 24.7. The second-order valence-corrected chi connectivity index (χ2v) is 7.25.